The molecule has 0 radical (unpaired) electrons. The number of carbonyl (C=O) groups excluding carboxylic acids is 1. The zero-order valence-corrected chi connectivity index (χ0v) is 12.3. The van der Waals surface area contributed by atoms with Crippen molar-refractivity contribution in [2.24, 2.45) is 0 Å². The predicted octanol–water partition coefficient (Wildman–Crippen LogP) is 3.90. The van der Waals surface area contributed by atoms with Gasteiger partial charge in [0.05, 0.1) is 7.11 Å². The third-order valence-electron chi connectivity index (χ3n) is 3.25. The molecule has 0 atom stereocenters. The van der Waals surface area contributed by atoms with E-state index in [1.807, 2.05) is 42.5 Å². The fraction of sp³-hybridized carbons (Fsp3) is 0.167. The minimum Gasteiger partial charge on any atom is -0.497 e. The van der Waals surface area contributed by atoms with Crippen molar-refractivity contribution in [1.82, 2.24) is 0 Å². The van der Waals surface area contributed by atoms with E-state index in [1.54, 1.807) is 7.11 Å². The number of aryl methyl sites for hydroxylation is 1. The predicted molar refractivity (Wildman–Crippen MR) is 83.2 cm³/mol. The van der Waals surface area contributed by atoms with E-state index in [-0.39, 0.29) is 6.61 Å². The molecule has 0 aromatic heterocycles. The number of hydrogen-bond donors (Lipinski definition) is 0. The van der Waals surface area contributed by atoms with Gasteiger partial charge in [-0.3, -0.25) is 0 Å². The van der Waals surface area contributed by atoms with E-state index in [4.69, 9.17) is 9.47 Å². The Kier molecular flexibility index (Phi) is 4.77. The largest absolute Gasteiger partial charge is 0.497 e. The lowest BCUT2D eigenvalue weighted by molar-refractivity contribution is -0.138. The molecule has 3 heteroatoms. The number of hydrogen-bond acceptors (Lipinski definition) is 3. The summed E-state index contributed by atoms with van der Waals surface area (Å²) in [6.07, 6.45) is 1.16. The summed E-state index contributed by atoms with van der Waals surface area (Å²) in [5, 5.41) is 0. The van der Waals surface area contributed by atoms with Crippen LogP contribution >= 0.6 is 0 Å². The van der Waals surface area contributed by atoms with Gasteiger partial charge >= 0.3 is 5.97 Å². The molecule has 0 bridgehead atoms. The zero-order chi connectivity index (χ0) is 15.2. The highest BCUT2D eigenvalue weighted by Gasteiger charge is 2.04. The summed E-state index contributed by atoms with van der Waals surface area (Å²) in [7, 11) is 1.66. The fourth-order valence-electron chi connectivity index (χ4n) is 2.08. The average Bonchev–Trinajstić information content (AvgIpc) is 2.53. The molecular formula is C18H18O3. The fourth-order valence-corrected chi connectivity index (χ4v) is 2.08. The molecule has 0 fully saturated rings. The van der Waals surface area contributed by atoms with Gasteiger partial charge in [-0.05, 0) is 41.3 Å². The summed E-state index contributed by atoms with van der Waals surface area (Å²) in [6.45, 7) is 5.68. The molecule has 0 heterocycles. The van der Waals surface area contributed by atoms with Crippen molar-refractivity contribution in [3.05, 3.63) is 66.2 Å². The highest BCUT2D eigenvalue weighted by molar-refractivity contribution is 5.81. The molecule has 0 unspecified atom stereocenters. The van der Waals surface area contributed by atoms with Crippen LogP contribution in [0.25, 0.3) is 11.1 Å². The molecule has 2 rings (SSSR count). The number of carbonyl (C=O) groups is 1. The van der Waals surface area contributed by atoms with E-state index < -0.39 is 5.97 Å². The summed E-state index contributed by atoms with van der Waals surface area (Å²) in [4.78, 5) is 11.0. The Morgan fingerprint density at radius 2 is 1.90 bits per heavy atom. The lowest BCUT2D eigenvalue weighted by atomic mass is 9.99. The van der Waals surface area contributed by atoms with E-state index in [9.17, 15) is 4.79 Å². The van der Waals surface area contributed by atoms with Crippen LogP contribution in [-0.2, 0) is 16.1 Å². The van der Waals surface area contributed by atoms with Crippen molar-refractivity contribution in [3.63, 3.8) is 0 Å². The minimum atomic E-state index is -0.412. The number of methoxy groups -OCH3 is 1. The normalized spacial score (nSPS) is 10.0. The summed E-state index contributed by atoms with van der Waals surface area (Å²) in [5.74, 6) is 0.439. The first-order valence-corrected chi connectivity index (χ1v) is 6.67. The summed E-state index contributed by atoms with van der Waals surface area (Å²) >= 11 is 0. The van der Waals surface area contributed by atoms with E-state index in [0.717, 1.165) is 34.1 Å². The van der Waals surface area contributed by atoms with Gasteiger partial charge in [-0.15, -0.1) is 0 Å². The monoisotopic (exact) mass is 282 g/mol. The first kappa shape index (κ1) is 14.9. The molecule has 3 nitrogen and oxygen atoms in total. The lowest BCUT2D eigenvalue weighted by Crippen LogP contribution is -1.99. The Morgan fingerprint density at radius 1 is 1.19 bits per heavy atom. The molecule has 0 N–H and O–H groups in total. The van der Waals surface area contributed by atoms with Gasteiger partial charge in [-0.1, -0.05) is 36.9 Å². The molecular weight excluding hydrogens is 264 g/mol. The quantitative estimate of drug-likeness (QED) is 0.616. The molecule has 0 aliphatic heterocycles. The smallest absolute Gasteiger partial charge is 0.330 e. The molecule has 21 heavy (non-hydrogen) atoms. The van der Waals surface area contributed by atoms with Crippen LogP contribution in [0.5, 0.6) is 5.75 Å². The Balaban J connectivity index is 2.15. The third-order valence-corrected chi connectivity index (χ3v) is 3.25. The number of benzene rings is 2. The molecule has 2 aromatic rings. The van der Waals surface area contributed by atoms with Crippen LogP contribution in [0.2, 0.25) is 0 Å². The zero-order valence-electron chi connectivity index (χ0n) is 12.3. The molecule has 2 aromatic carbocycles. The van der Waals surface area contributed by atoms with Crippen molar-refractivity contribution in [1.29, 1.82) is 0 Å². The van der Waals surface area contributed by atoms with Gasteiger partial charge in [0.25, 0.3) is 0 Å². The summed E-state index contributed by atoms with van der Waals surface area (Å²) in [6, 6.07) is 13.9. The minimum absolute atomic E-state index is 0.257. The third kappa shape index (κ3) is 3.72. The van der Waals surface area contributed by atoms with Gasteiger partial charge in [0.15, 0.2) is 0 Å². The van der Waals surface area contributed by atoms with Crippen molar-refractivity contribution in [2.75, 3.05) is 7.11 Å². The molecule has 0 aliphatic rings. The van der Waals surface area contributed by atoms with Crippen molar-refractivity contribution in [3.8, 4) is 16.9 Å². The number of esters is 1. The summed E-state index contributed by atoms with van der Waals surface area (Å²) in [5.41, 5.74) is 4.37. The van der Waals surface area contributed by atoms with Crippen LogP contribution in [0.1, 0.15) is 11.1 Å². The van der Waals surface area contributed by atoms with E-state index in [0.29, 0.717) is 0 Å². The number of ether oxygens (including phenoxy) is 2. The Hall–Kier alpha value is -2.55. The Bertz CT molecular complexity index is 642. The maximum Gasteiger partial charge on any atom is 0.330 e. The molecule has 0 amide bonds. The molecule has 0 saturated heterocycles. The van der Waals surface area contributed by atoms with Crippen LogP contribution < -0.4 is 4.74 Å². The van der Waals surface area contributed by atoms with Crippen LogP contribution in [0.4, 0.5) is 0 Å². The molecule has 0 aliphatic carbocycles. The van der Waals surface area contributed by atoms with E-state index in [1.165, 1.54) is 0 Å². The van der Waals surface area contributed by atoms with Gasteiger partial charge in [0, 0.05) is 6.08 Å². The van der Waals surface area contributed by atoms with Gasteiger partial charge in [-0.2, -0.15) is 0 Å². The second-order valence-corrected chi connectivity index (χ2v) is 4.69. The van der Waals surface area contributed by atoms with Crippen LogP contribution in [-0.4, -0.2) is 13.1 Å². The topological polar surface area (TPSA) is 35.5 Å². The average molecular weight is 282 g/mol. The van der Waals surface area contributed by atoms with Gasteiger partial charge in [-0.25, -0.2) is 4.79 Å². The standard InChI is InChI=1S/C18H18O3/c1-4-18(19)21-12-14-5-7-15(8-6-14)17-10-9-16(20-3)11-13(17)2/h4-11H,1,12H2,2-3H3. The Morgan fingerprint density at radius 3 is 2.48 bits per heavy atom. The van der Waals surface area contributed by atoms with Gasteiger partial charge in [0.1, 0.15) is 12.4 Å². The SMILES string of the molecule is C=CC(=O)OCc1ccc(-c2ccc(OC)cc2C)cc1. The molecule has 0 spiro atoms. The lowest BCUT2D eigenvalue weighted by Gasteiger charge is -2.09. The van der Waals surface area contributed by atoms with Crippen LogP contribution in [0.3, 0.4) is 0 Å². The van der Waals surface area contributed by atoms with Gasteiger partial charge < -0.3 is 9.47 Å². The van der Waals surface area contributed by atoms with Crippen molar-refractivity contribution >= 4 is 5.97 Å². The second-order valence-electron chi connectivity index (χ2n) is 4.69. The highest BCUT2D eigenvalue weighted by Crippen LogP contribution is 2.27. The van der Waals surface area contributed by atoms with E-state index in [2.05, 4.69) is 13.5 Å². The second kappa shape index (κ2) is 6.75. The van der Waals surface area contributed by atoms with Crippen molar-refractivity contribution in [2.45, 2.75) is 13.5 Å². The van der Waals surface area contributed by atoms with Crippen molar-refractivity contribution < 1.29 is 14.3 Å². The Labute approximate surface area is 124 Å². The first-order valence-electron chi connectivity index (χ1n) is 6.67. The maximum absolute atomic E-state index is 11.0. The highest BCUT2D eigenvalue weighted by atomic mass is 16.5. The van der Waals surface area contributed by atoms with Gasteiger partial charge in [0.2, 0.25) is 0 Å². The van der Waals surface area contributed by atoms with Crippen LogP contribution in [0.15, 0.2) is 55.1 Å². The first-order chi connectivity index (χ1) is 10.1. The van der Waals surface area contributed by atoms with Crippen LogP contribution in [0, 0.1) is 6.92 Å². The number of rotatable bonds is 5. The molecule has 108 valence electrons. The maximum atomic E-state index is 11.0. The van der Waals surface area contributed by atoms with E-state index >= 15 is 0 Å². The summed E-state index contributed by atoms with van der Waals surface area (Å²) < 4.78 is 10.2. The molecule has 0 saturated carbocycles.